The molecule has 1 heterocycles. The molecule has 0 spiro atoms. The first kappa shape index (κ1) is 20.0. The molecule has 0 saturated carbocycles. The van der Waals surface area contributed by atoms with E-state index in [0.29, 0.717) is 18.7 Å². The van der Waals surface area contributed by atoms with E-state index < -0.39 is 10.0 Å². The molecule has 1 saturated heterocycles. The lowest BCUT2D eigenvalue weighted by Crippen LogP contribution is -2.39. The van der Waals surface area contributed by atoms with Gasteiger partial charge in [-0.3, -0.25) is 4.79 Å². The molecule has 0 radical (unpaired) electrons. The zero-order valence-corrected chi connectivity index (χ0v) is 16.4. The van der Waals surface area contributed by atoms with Crippen LogP contribution in [0.1, 0.15) is 13.3 Å². The molecule has 1 aliphatic rings. The highest BCUT2D eigenvalue weighted by Gasteiger charge is 2.23. The molecule has 7 nitrogen and oxygen atoms in total. The number of nitrogens with zero attached hydrogens (tertiary/aromatic N) is 1. The van der Waals surface area contributed by atoms with Crippen molar-refractivity contribution in [2.45, 2.75) is 24.3 Å². The van der Waals surface area contributed by atoms with Crippen LogP contribution < -0.4 is 15.4 Å². The van der Waals surface area contributed by atoms with Crippen LogP contribution in [-0.2, 0) is 14.8 Å². The highest BCUT2D eigenvalue weighted by Crippen LogP contribution is 2.29. The second kappa shape index (κ2) is 8.88. The highest BCUT2D eigenvalue weighted by atomic mass is 32.2. The number of ether oxygens (including phenoxy) is 1. The van der Waals surface area contributed by atoms with Gasteiger partial charge in [-0.05, 0) is 25.1 Å². The Morgan fingerprint density at radius 1 is 1.44 bits per heavy atom. The summed E-state index contributed by atoms with van der Waals surface area (Å²) in [6.45, 7) is 3.04. The average molecular weight is 388 g/mol. The molecular formula is C16H25N3O4S2. The third-order valence-corrected chi connectivity index (χ3v) is 6.68. The first-order chi connectivity index (χ1) is 11.8. The summed E-state index contributed by atoms with van der Waals surface area (Å²) in [6.07, 6.45) is 0.357. The Kier molecular flexibility index (Phi) is 7.12. The predicted molar refractivity (Wildman–Crippen MR) is 101 cm³/mol. The molecular weight excluding hydrogens is 362 g/mol. The van der Waals surface area contributed by atoms with E-state index in [9.17, 15) is 13.2 Å². The van der Waals surface area contributed by atoms with Crippen LogP contribution in [0.2, 0.25) is 0 Å². The highest BCUT2D eigenvalue weighted by molar-refractivity contribution is 7.99. The molecule has 0 bridgehead atoms. The summed E-state index contributed by atoms with van der Waals surface area (Å²) in [5.74, 6) is 2.09. The van der Waals surface area contributed by atoms with Crippen molar-refractivity contribution in [3.05, 3.63) is 18.2 Å². The lowest BCUT2D eigenvalue weighted by atomic mass is 10.2. The van der Waals surface area contributed by atoms with E-state index in [1.165, 1.54) is 20.2 Å². The Morgan fingerprint density at radius 2 is 2.20 bits per heavy atom. The first-order valence-electron chi connectivity index (χ1n) is 8.15. The minimum atomic E-state index is -3.67. The van der Waals surface area contributed by atoms with Crippen molar-refractivity contribution in [3.63, 3.8) is 0 Å². The van der Waals surface area contributed by atoms with Gasteiger partial charge in [0.1, 0.15) is 10.6 Å². The van der Waals surface area contributed by atoms with Gasteiger partial charge >= 0.3 is 0 Å². The molecule has 9 heteroatoms. The summed E-state index contributed by atoms with van der Waals surface area (Å²) in [6, 6.07) is 4.82. The Bertz CT molecular complexity index is 701. The Labute approximate surface area is 153 Å². The predicted octanol–water partition coefficient (Wildman–Crippen LogP) is 1.37. The average Bonchev–Trinajstić information content (AvgIpc) is 2.57. The monoisotopic (exact) mass is 387 g/mol. The van der Waals surface area contributed by atoms with Crippen LogP contribution in [0.3, 0.4) is 0 Å². The lowest BCUT2D eigenvalue weighted by Gasteiger charge is -2.22. The maximum atomic E-state index is 12.5. The number of hydrogen-bond donors (Lipinski definition) is 2. The number of anilines is 1. The molecule has 0 aromatic heterocycles. The molecule has 0 aliphatic carbocycles. The second-order valence-electron chi connectivity index (χ2n) is 5.86. The van der Waals surface area contributed by atoms with Gasteiger partial charge < -0.3 is 15.4 Å². The van der Waals surface area contributed by atoms with Crippen LogP contribution >= 0.6 is 11.8 Å². The molecule has 25 heavy (non-hydrogen) atoms. The Balaban J connectivity index is 2.17. The van der Waals surface area contributed by atoms with E-state index in [1.807, 2.05) is 11.8 Å². The van der Waals surface area contributed by atoms with Crippen LogP contribution in [0.25, 0.3) is 0 Å². The molecule has 1 atom stereocenters. The van der Waals surface area contributed by atoms with Gasteiger partial charge in [0.05, 0.1) is 6.61 Å². The number of sulfonamides is 1. The van der Waals surface area contributed by atoms with Crippen LogP contribution in [-0.4, -0.2) is 63.4 Å². The second-order valence-corrected chi connectivity index (χ2v) is 9.13. The zero-order valence-electron chi connectivity index (χ0n) is 14.7. The van der Waals surface area contributed by atoms with Crippen molar-refractivity contribution in [2.75, 3.05) is 44.1 Å². The molecule has 1 amide bonds. The molecule has 1 aliphatic heterocycles. The largest absolute Gasteiger partial charge is 0.492 e. The van der Waals surface area contributed by atoms with Gasteiger partial charge in [0, 0.05) is 50.3 Å². The van der Waals surface area contributed by atoms with E-state index >= 15 is 0 Å². The molecule has 1 fully saturated rings. The van der Waals surface area contributed by atoms with Crippen LogP contribution in [0, 0.1) is 0 Å². The maximum absolute atomic E-state index is 12.5. The fraction of sp³-hybridized carbons (Fsp3) is 0.562. The SMILES string of the molecule is CCOc1ccc(NC(=O)CC2CSCCN2)cc1S(=O)(=O)N(C)C. The Morgan fingerprint density at radius 3 is 2.80 bits per heavy atom. The fourth-order valence-corrected chi connectivity index (χ4v) is 4.45. The first-order valence-corrected chi connectivity index (χ1v) is 10.7. The third kappa shape index (κ3) is 5.34. The summed E-state index contributed by atoms with van der Waals surface area (Å²) < 4.78 is 31.6. The number of rotatable bonds is 7. The van der Waals surface area contributed by atoms with Crippen LogP contribution in [0.5, 0.6) is 5.75 Å². The van der Waals surface area contributed by atoms with Crippen molar-refractivity contribution < 1.29 is 17.9 Å². The number of thioether (sulfide) groups is 1. The lowest BCUT2D eigenvalue weighted by molar-refractivity contribution is -0.116. The van der Waals surface area contributed by atoms with Crippen molar-refractivity contribution >= 4 is 33.4 Å². The topological polar surface area (TPSA) is 87.7 Å². The zero-order chi connectivity index (χ0) is 18.4. The van der Waals surface area contributed by atoms with E-state index in [1.54, 1.807) is 19.1 Å². The van der Waals surface area contributed by atoms with E-state index in [-0.39, 0.29) is 22.6 Å². The molecule has 2 N–H and O–H groups in total. The molecule has 140 valence electrons. The van der Waals surface area contributed by atoms with Gasteiger partial charge in [0.15, 0.2) is 0 Å². The minimum Gasteiger partial charge on any atom is -0.492 e. The minimum absolute atomic E-state index is 0.0449. The molecule has 1 aromatic rings. The molecule has 1 unspecified atom stereocenters. The third-order valence-electron chi connectivity index (χ3n) is 3.72. The van der Waals surface area contributed by atoms with Crippen molar-refractivity contribution in [3.8, 4) is 5.75 Å². The summed E-state index contributed by atoms with van der Waals surface area (Å²) in [7, 11) is -0.752. The van der Waals surface area contributed by atoms with Gasteiger partial charge in [0.25, 0.3) is 0 Å². The quantitative estimate of drug-likeness (QED) is 0.735. The number of nitrogens with one attached hydrogen (secondary N) is 2. The number of benzene rings is 1. The molecule has 1 aromatic carbocycles. The fourth-order valence-electron chi connectivity index (χ4n) is 2.45. The van der Waals surface area contributed by atoms with Gasteiger partial charge in [-0.2, -0.15) is 11.8 Å². The van der Waals surface area contributed by atoms with E-state index in [0.717, 1.165) is 22.4 Å². The number of amides is 1. The van der Waals surface area contributed by atoms with Gasteiger partial charge in [0.2, 0.25) is 15.9 Å². The number of hydrogen-bond acceptors (Lipinski definition) is 6. The van der Waals surface area contributed by atoms with Gasteiger partial charge in [-0.1, -0.05) is 0 Å². The Hall–Kier alpha value is -1.29. The van der Waals surface area contributed by atoms with E-state index in [4.69, 9.17) is 4.74 Å². The van der Waals surface area contributed by atoms with Gasteiger partial charge in [-0.15, -0.1) is 0 Å². The number of carbonyl (C=O) groups excluding carboxylic acids is 1. The molecule has 2 rings (SSSR count). The van der Waals surface area contributed by atoms with Crippen molar-refractivity contribution in [1.29, 1.82) is 0 Å². The van der Waals surface area contributed by atoms with Crippen molar-refractivity contribution in [1.82, 2.24) is 9.62 Å². The standard InChI is InChI=1S/C16H25N3O4S2/c1-4-23-14-6-5-12(9-15(14)25(21,22)19(2)3)18-16(20)10-13-11-24-8-7-17-13/h5-6,9,13,17H,4,7-8,10-11H2,1-3H3,(H,18,20). The summed E-state index contributed by atoms with van der Waals surface area (Å²) in [4.78, 5) is 12.3. The summed E-state index contributed by atoms with van der Waals surface area (Å²) in [5, 5.41) is 6.09. The van der Waals surface area contributed by atoms with Crippen LogP contribution in [0.15, 0.2) is 23.1 Å². The number of carbonyl (C=O) groups is 1. The van der Waals surface area contributed by atoms with E-state index in [2.05, 4.69) is 10.6 Å². The summed E-state index contributed by atoms with van der Waals surface area (Å²) in [5.41, 5.74) is 0.442. The smallest absolute Gasteiger partial charge is 0.246 e. The van der Waals surface area contributed by atoms with Crippen molar-refractivity contribution in [2.24, 2.45) is 0 Å². The maximum Gasteiger partial charge on any atom is 0.246 e. The summed E-state index contributed by atoms with van der Waals surface area (Å²) >= 11 is 1.82. The van der Waals surface area contributed by atoms with Crippen LogP contribution in [0.4, 0.5) is 5.69 Å². The van der Waals surface area contributed by atoms with Gasteiger partial charge in [-0.25, -0.2) is 12.7 Å². The normalized spacial score (nSPS) is 18.2.